The van der Waals surface area contributed by atoms with Crippen LogP contribution < -0.4 is 24.6 Å². The topological polar surface area (TPSA) is 118 Å². The number of imide groups is 1. The number of ether oxygens (including phenoxy) is 2. The third kappa shape index (κ3) is 5.06. The summed E-state index contributed by atoms with van der Waals surface area (Å²) in [6, 6.07) is 19.4. The summed E-state index contributed by atoms with van der Waals surface area (Å²) in [5.74, 6) is -0.259. The zero-order valence-corrected chi connectivity index (χ0v) is 27.9. The third-order valence-corrected chi connectivity index (χ3v) is 13.2. The predicted molar refractivity (Wildman–Crippen MR) is 181 cm³/mol. The molecule has 8 rings (SSSR count). The Morgan fingerprint density at radius 2 is 1.64 bits per heavy atom. The van der Waals surface area contributed by atoms with E-state index in [1.165, 1.54) is 16.2 Å². The molecule has 4 aliphatic rings. The summed E-state index contributed by atoms with van der Waals surface area (Å²) in [5, 5.41) is 4.40. The van der Waals surface area contributed by atoms with E-state index in [1.807, 2.05) is 24.3 Å². The Bertz CT molecular complexity index is 1980. The summed E-state index contributed by atoms with van der Waals surface area (Å²) < 4.78 is 11.0. The summed E-state index contributed by atoms with van der Waals surface area (Å²) in [6.07, 6.45) is 0.802. The summed E-state index contributed by atoms with van der Waals surface area (Å²) in [6.45, 7) is -0.207. The van der Waals surface area contributed by atoms with Crippen molar-refractivity contribution >= 4 is 75.4 Å². The van der Waals surface area contributed by atoms with Gasteiger partial charge in [-0.2, -0.15) is 0 Å². The number of hydrogen-bond donors (Lipinski definition) is 2. The standard InChI is InChI=1S/C34H27Cl2N3O6S2/c1-44-18-9-5-17(6-10-18)39-32(41)27-20-13-21(28(27)33(39)42)29-26(20)25(30-31(46-29)38-34(43)47-30)15-2-7-19(8-3-15)45-14-24(40)37-16-4-11-22(35)23(36)12-16/h2-12,20-21,25-29H,13-14H2,1H3,(H,37,40)(H,38,43)/t20-,21-,25+,26-,27+,28+,29-/m1/s1. The minimum atomic E-state index is -0.396. The molecule has 9 nitrogen and oxygen atoms in total. The molecule has 7 atom stereocenters. The average Bonchev–Trinajstić information content (AvgIpc) is 3.81. The summed E-state index contributed by atoms with van der Waals surface area (Å²) in [7, 11) is 1.57. The number of benzene rings is 3. The number of halogens is 2. The number of hydrogen-bond acceptors (Lipinski definition) is 8. The van der Waals surface area contributed by atoms with E-state index in [2.05, 4.69) is 10.3 Å². The zero-order valence-electron chi connectivity index (χ0n) is 24.8. The van der Waals surface area contributed by atoms with Crippen LogP contribution in [-0.2, 0) is 14.4 Å². The van der Waals surface area contributed by atoms with Crippen molar-refractivity contribution in [2.24, 2.45) is 29.6 Å². The fourth-order valence-corrected chi connectivity index (χ4v) is 11.3. The minimum Gasteiger partial charge on any atom is -0.497 e. The van der Waals surface area contributed by atoms with Gasteiger partial charge in [0.25, 0.3) is 5.91 Å². The highest BCUT2D eigenvalue weighted by Gasteiger charge is 2.69. The number of rotatable bonds is 7. The number of thioether (sulfide) groups is 1. The summed E-state index contributed by atoms with van der Waals surface area (Å²) in [4.78, 5) is 58.2. The van der Waals surface area contributed by atoms with Crippen LogP contribution in [0.25, 0.3) is 0 Å². The molecule has 0 spiro atoms. The molecule has 13 heteroatoms. The molecule has 4 aromatic rings. The van der Waals surface area contributed by atoms with Gasteiger partial charge in [-0.25, -0.2) is 0 Å². The molecule has 1 saturated heterocycles. The van der Waals surface area contributed by atoms with Crippen LogP contribution in [0.5, 0.6) is 11.5 Å². The number of carbonyl (C=O) groups is 3. The van der Waals surface area contributed by atoms with Crippen LogP contribution in [0, 0.1) is 29.6 Å². The maximum Gasteiger partial charge on any atom is 0.305 e. The zero-order chi connectivity index (χ0) is 32.6. The number of anilines is 2. The van der Waals surface area contributed by atoms with Crippen LogP contribution in [0.1, 0.15) is 22.8 Å². The highest BCUT2D eigenvalue weighted by atomic mass is 35.5. The molecule has 0 radical (unpaired) electrons. The number of nitrogens with one attached hydrogen (secondary N) is 2. The number of nitrogens with zero attached hydrogens (tertiary/aromatic N) is 1. The van der Waals surface area contributed by atoms with Gasteiger partial charge in [-0.3, -0.25) is 24.1 Å². The number of aromatic amines is 1. The lowest BCUT2D eigenvalue weighted by Gasteiger charge is -2.43. The van der Waals surface area contributed by atoms with E-state index in [1.54, 1.807) is 61.3 Å². The highest BCUT2D eigenvalue weighted by molar-refractivity contribution is 8.00. The number of amides is 3. The average molecular weight is 709 g/mol. The first kappa shape index (κ1) is 30.6. The smallest absolute Gasteiger partial charge is 0.305 e. The second kappa shape index (κ2) is 11.7. The van der Waals surface area contributed by atoms with E-state index < -0.39 is 5.92 Å². The molecule has 2 bridgehead atoms. The second-order valence-electron chi connectivity index (χ2n) is 12.2. The fourth-order valence-electron chi connectivity index (χ4n) is 8.07. The molecule has 1 aromatic heterocycles. The number of H-pyrrole nitrogens is 1. The second-order valence-corrected chi connectivity index (χ2v) is 15.2. The first-order chi connectivity index (χ1) is 22.7. The maximum atomic E-state index is 14.0. The van der Waals surface area contributed by atoms with E-state index >= 15 is 0 Å². The van der Waals surface area contributed by atoms with Crippen molar-refractivity contribution in [2.45, 2.75) is 22.6 Å². The van der Waals surface area contributed by atoms with E-state index in [-0.39, 0.29) is 64.0 Å². The SMILES string of the molecule is COc1ccc(N2C(=O)[C@H]3[C@H]4C[C@@H]([C@@H]3C2=O)[C@@H]2[C@H](c3ccc(OCC(=O)Nc5ccc(Cl)c(Cl)c5)cc3)c3sc(=O)[nH]c3S[C@H]42)cc1. The molecule has 3 heterocycles. The van der Waals surface area contributed by atoms with Crippen LogP contribution in [0.4, 0.5) is 11.4 Å². The van der Waals surface area contributed by atoms with Gasteiger partial charge in [-0.1, -0.05) is 46.7 Å². The third-order valence-electron chi connectivity index (χ3n) is 9.87. The molecular formula is C34H27Cl2N3O6S2. The first-order valence-electron chi connectivity index (χ1n) is 15.1. The summed E-state index contributed by atoms with van der Waals surface area (Å²) in [5.41, 5.74) is 2.07. The molecule has 2 N–H and O–H groups in total. The van der Waals surface area contributed by atoms with Crippen LogP contribution in [-0.4, -0.2) is 41.7 Å². The molecule has 0 unspecified atom stereocenters. The van der Waals surface area contributed by atoms with Gasteiger partial charge >= 0.3 is 4.87 Å². The predicted octanol–water partition coefficient (Wildman–Crippen LogP) is 6.45. The molecule has 3 fully saturated rings. The van der Waals surface area contributed by atoms with Gasteiger partial charge in [0, 0.05) is 21.7 Å². The lowest BCUT2D eigenvalue weighted by atomic mass is 9.68. The summed E-state index contributed by atoms with van der Waals surface area (Å²) >= 11 is 14.9. The number of fused-ring (bicyclic) bond motifs is 9. The van der Waals surface area contributed by atoms with Crippen molar-refractivity contribution in [1.82, 2.24) is 4.98 Å². The quantitative estimate of drug-likeness (QED) is 0.212. The normalized spacial score (nSPS) is 27.0. The Kier molecular flexibility index (Phi) is 7.63. The van der Waals surface area contributed by atoms with Gasteiger partial charge in [0.15, 0.2) is 6.61 Å². The molecule has 3 amide bonds. The van der Waals surface area contributed by atoms with E-state index in [4.69, 9.17) is 32.7 Å². The highest BCUT2D eigenvalue weighted by Crippen LogP contribution is 2.68. The van der Waals surface area contributed by atoms with Crippen LogP contribution in [0.2, 0.25) is 10.0 Å². The van der Waals surface area contributed by atoms with Crippen molar-refractivity contribution in [3.05, 3.63) is 96.9 Å². The minimum absolute atomic E-state index is 0.00135. The van der Waals surface area contributed by atoms with Crippen molar-refractivity contribution < 1.29 is 23.9 Å². The number of carbonyl (C=O) groups excluding carboxylic acids is 3. The molecule has 2 aliphatic carbocycles. The first-order valence-corrected chi connectivity index (χ1v) is 17.6. The van der Waals surface area contributed by atoms with Crippen molar-refractivity contribution in [1.29, 1.82) is 0 Å². The molecule has 2 saturated carbocycles. The number of aromatic nitrogens is 1. The molecule has 3 aromatic carbocycles. The Balaban J connectivity index is 1.04. The van der Waals surface area contributed by atoms with Crippen LogP contribution in [0.3, 0.4) is 0 Å². The van der Waals surface area contributed by atoms with Crippen molar-refractivity contribution in [2.75, 3.05) is 23.9 Å². The van der Waals surface area contributed by atoms with E-state index in [0.29, 0.717) is 32.9 Å². The van der Waals surface area contributed by atoms with Gasteiger partial charge in [-0.15, -0.1) is 11.8 Å². The Morgan fingerprint density at radius 1 is 0.936 bits per heavy atom. The monoisotopic (exact) mass is 707 g/mol. The van der Waals surface area contributed by atoms with Crippen LogP contribution in [0.15, 0.2) is 76.6 Å². The van der Waals surface area contributed by atoms with Gasteiger partial charge in [0.2, 0.25) is 11.8 Å². The molecular weight excluding hydrogens is 681 g/mol. The molecule has 47 heavy (non-hydrogen) atoms. The van der Waals surface area contributed by atoms with E-state index in [0.717, 1.165) is 21.9 Å². The molecule has 2 aliphatic heterocycles. The number of thiazole rings is 1. The van der Waals surface area contributed by atoms with E-state index in [9.17, 15) is 19.2 Å². The van der Waals surface area contributed by atoms with Crippen molar-refractivity contribution in [3.63, 3.8) is 0 Å². The van der Waals surface area contributed by atoms with Gasteiger partial charge < -0.3 is 19.8 Å². The van der Waals surface area contributed by atoms with Gasteiger partial charge in [0.05, 0.1) is 39.7 Å². The number of methoxy groups -OCH3 is 1. The van der Waals surface area contributed by atoms with Crippen molar-refractivity contribution in [3.8, 4) is 11.5 Å². The Labute approximate surface area is 287 Å². The maximum absolute atomic E-state index is 14.0. The fraction of sp³-hybridized carbons (Fsp3) is 0.294. The molecule has 240 valence electrons. The lowest BCUT2D eigenvalue weighted by Crippen LogP contribution is -2.42. The lowest BCUT2D eigenvalue weighted by molar-refractivity contribution is -0.123. The Morgan fingerprint density at radius 3 is 2.34 bits per heavy atom. The largest absolute Gasteiger partial charge is 0.497 e. The van der Waals surface area contributed by atoms with Gasteiger partial charge in [0.1, 0.15) is 11.5 Å². The van der Waals surface area contributed by atoms with Gasteiger partial charge in [-0.05, 0) is 84.3 Å². The van der Waals surface area contributed by atoms with Crippen LogP contribution >= 0.6 is 46.3 Å². The Hall–Kier alpha value is -3.77.